The topological polar surface area (TPSA) is 60.5 Å². The highest BCUT2D eigenvalue weighted by Gasteiger charge is 2.46. The first-order chi connectivity index (χ1) is 14.4. The monoisotopic (exact) mass is 418 g/mol. The van der Waals surface area contributed by atoms with Gasteiger partial charge in [0, 0.05) is 51.5 Å². The minimum Gasteiger partial charge on any atom is -0.497 e. The number of nitrogens with zero attached hydrogens (tertiary/aromatic N) is 2. The molecule has 0 aromatic heterocycles. The van der Waals surface area contributed by atoms with Gasteiger partial charge < -0.3 is 23.8 Å². The molecule has 7 nitrogen and oxygen atoms in total. The number of likely N-dealkylation sites (tertiary alicyclic amines) is 2. The van der Waals surface area contributed by atoms with Crippen molar-refractivity contribution in [3.8, 4) is 11.5 Å². The van der Waals surface area contributed by atoms with Crippen molar-refractivity contribution in [3.63, 3.8) is 0 Å². The van der Waals surface area contributed by atoms with Crippen LogP contribution >= 0.6 is 0 Å². The fourth-order valence-electron chi connectivity index (χ4n) is 5.10. The Morgan fingerprint density at radius 2 is 1.73 bits per heavy atom. The van der Waals surface area contributed by atoms with Crippen LogP contribution in [0.1, 0.15) is 36.5 Å². The summed E-state index contributed by atoms with van der Waals surface area (Å²) in [5, 5.41) is 0. The molecule has 1 spiro atoms. The summed E-state index contributed by atoms with van der Waals surface area (Å²) in [6.07, 6.45) is 3.36. The van der Waals surface area contributed by atoms with E-state index in [-0.39, 0.29) is 23.0 Å². The molecule has 3 aliphatic heterocycles. The van der Waals surface area contributed by atoms with Gasteiger partial charge in [-0.3, -0.25) is 9.69 Å². The van der Waals surface area contributed by atoms with Gasteiger partial charge in [-0.05, 0) is 43.7 Å². The molecule has 166 valence electrons. The number of carbonyl (C=O) groups excluding carboxylic acids is 1. The highest BCUT2D eigenvalue weighted by molar-refractivity contribution is 5.95. The Morgan fingerprint density at radius 1 is 1.10 bits per heavy atom. The molecule has 0 bridgehead atoms. The Kier molecular flexibility index (Phi) is 5.97. The van der Waals surface area contributed by atoms with Gasteiger partial charge >= 0.3 is 0 Å². The van der Waals surface area contributed by atoms with E-state index in [9.17, 15) is 4.79 Å². The largest absolute Gasteiger partial charge is 0.497 e. The van der Waals surface area contributed by atoms with E-state index in [2.05, 4.69) is 11.8 Å². The van der Waals surface area contributed by atoms with Crippen molar-refractivity contribution in [3.05, 3.63) is 23.8 Å². The number of hydrogen-bond acceptors (Lipinski definition) is 6. The van der Waals surface area contributed by atoms with Gasteiger partial charge in [-0.25, -0.2) is 0 Å². The Bertz CT molecular complexity index is 747. The summed E-state index contributed by atoms with van der Waals surface area (Å²) in [4.78, 5) is 17.4. The quantitative estimate of drug-likeness (QED) is 0.707. The molecule has 0 unspecified atom stereocenters. The van der Waals surface area contributed by atoms with Crippen molar-refractivity contribution in [2.75, 3.05) is 60.7 Å². The maximum atomic E-state index is 13.1. The molecule has 3 fully saturated rings. The van der Waals surface area contributed by atoms with Crippen molar-refractivity contribution < 1.29 is 23.7 Å². The van der Waals surface area contributed by atoms with E-state index in [1.807, 2.05) is 4.90 Å². The van der Waals surface area contributed by atoms with Crippen LogP contribution in [0.4, 0.5) is 0 Å². The lowest BCUT2D eigenvalue weighted by Crippen LogP contribution is -2.62. The summed E-state index contributed by atoms with van der Waals surface area (Å²) < 4.78 is 22.3. The molecule has 3 aliphatic rings. The molecule has 0 aliphatic carbocycles. The van der Waals surface area contributed by atoms with Crippen LogP contribution in [0.3, 0.4) is 0 Å². The van der Waals surface area contributed by atoms with Crippen molar-refractivity contribution in [2.45, 2.75) is 37.9 Å². The molecule has 1 aromatic rings. The third kappa shape index (κ3) is 4.29. The molecule has 7 heteroatoms. The number of amides is 1. The lowest BCUT2D eigenvalue weighted by Gasteiger charge is -2.47. The molecule has 0 N–H and O–H groups in total. The number of piperidine rings is 1. The van der Waals surface area contributed by atoms with Gasteiger partial charge in [-0.2, -0.15) is 0 Å². The average molecular weight is 419 g/mol. The van der Waals surface area contributed by atoms with E-state index in [1.54, 1.807) is 39.5 Å². The zero-order valence-corrected chi connectivity index (χ0v) is 18.6. The maximum absolute atomic E-state index is 13.1. The third-order valence-electron chi connectivity index (χ3n) is 7.07. The van der Waals surface area contributed by atoms with Gasteiger partial charge in [-0.1, -0.05) is 0 Å². The van der Waals surface area contributed by atoms with Crippen molar-refractivity contribution >= 4 is 5.91 Å². The first kappa shape index (κ1) is 21.4. The van der Waals surface area contributed by atoms with Crippen LogP contribution in [-0.2, 0) is 9.47 Å². The first-order valence-corrected chi connectivity index (χ1v) is 10.8. The number of rotatable bonds is 6. The van der Waals surface area contributed by atoms with Crippen molar-refractivity contribution in [2.24, 2.45) is 5.41 Å². The number of carbonyl (C=O) groups is 1. The smallest absolute Gasteiger partial charge is 0.254 e. The second-order valence-corrected chi connectivity index (χ2v) is 9.35. The molecule has 3 heterocycles. The highest BCUT2D eigenvalue weighted by Crippen LogP contribution is 2.43. The first-order valence-electron chi connectivity index (χ1n) is 10.8. The Balaban J connectivity index is 1.30. The van der Waals surface area contributed by atoms with E-state index in [1.165, 1.54) is 0 Å². The second kappa shape index (κ2) is 8.36. The Hall–Kier alpha value is -1.83. The number of methoxy groups -OCH3 is 3. The van der Waals surface area contributed by atoms with Crippen molar-refractivity contribution in [1.29, 1.82) is 0 Å². The average Bonchev–Trinajstić information content (AvgIpc) is 3.14. The van der Waals surface area contributed by atoms with Crippen LogP contribution in [0.25, 0.3) is 0 Å². The van der Waals surface area contributed by atoms with E-state index in [0.29, 0.717) is 17.1 Å². The Morgan fingerprint density at radius 3 is 2.30 bits per heavy atom. The number of ether oxygens (including phenoxy) is 4. The summed E-state index contributed by atoms with van der Waals surface area (Å²) >= 11 is 0. The summed E-state index contributed by atoms with van der Waals surface area (Å²) in [6.45, 7) is 7.42. The number of hydrogen-bond donors (Lipinski definition) is 0. The van der Waals surface area contributed by atoms with Gasteiger partial charge in [0.25, 0.3) is 5.91 Å². The summed E-state index contributed by atoms with van der Waals surface area (Å²) in [5.74, 6) is 1.31. The molecule has 1 atom stereocenters. The predicted octanol–water partition coefficient (Wildman–Crippen LogP) is 2.44. The highest BCUT2D eigenvalue weighted by atomic mass is 16.5. The molecule has 0 radical (unpaired) electrons. The lowest BCUT2D eigenvalue weighted by molar-refractivity contribution is -0.120. The van der Waals surface area contributed by atoms with Crippen LogP contribution < -0.4 is 9.47 Å². The molecular formula is C23H34N2O5. The molecule has 0 saturated carbocycles. The molecule has 1 aromatic carbocycles. The van der Waals surface area contributed by atoms with Crippen LogP contribution in [0.2, 0.25) is 0 Å². The van der Waals surface area contributed by atoms with E-state index in [4.69, 9.17) is 18.9 Å². The van der Waals surface area contributed by atoms with E-state index < -0.39 is 0 Å². The standard InChI is InChI=1S/C23H34N2O5/c1-22(29-4)14-24(15-22)13-20-12-23(16-30-20)5-7-25(8-6-23)21(26)17-9-18(27-2)11-19(10-17)28-3/h9-11,20H,5-8,12-16H2,1-4H3/t20-/m1/s1. The molecule has 3 saturated heterocycles. The lowest BCUT2D eigenvalue weighted by atomic mass is 9.76. The third-order valence-corrected chi connectivity index (χ3v) is 7.07. The maximum Gasteiger partial charge on any atom is 0.254 e. The summed E-state index contributed by atoms with van der Waals surface area (Å²) in [5.41, 5.74) is 0.829. The van der Waals surface area contributed by atoms with E-state index >= 15 is 0 Å². The fraction of sp³-hybridized carbons (Fsp3) is 0.696. The van der Waals surface area contributed by atoms with Gasteiger partial charge in [0.1, 0.15) is 11.5 Å². The predicted molar refractivity (Wildman–Crippen MR) is 113 cm³/mol. The minimum absolute atomic E-state index is 0.00476. The zero-order chi connectivity index (χ0) is 21.4. The normalized spacial score (nSPS) is 25.2. The Labute approximate surface area is 179 Å². The minimum atomic E-state index is 0.00476. The van der Waals surface area contributed by atoms with Crippen LogP contribution in [0.5, 0.6) is 11.5 Å². The molecule has 1 amide bonds. The zero-order valence-electron chi connectivity index (χ0n) is 18.6. The SMILES string of the molecule is COc1cc(OC)cc(C(=O)N2CCC3(CC2)CO[C@@H](CN2CC(C)(OC)C2)C3)c1. The van der Waals surface area contributed by atoms with Gasteiger partial charge in [0.15, 0.2) is 0 Å². The molecular weight excluding hydrogens is 384 g/mol. The number of benzene rings is 1. The summed E-state index contributed by atoms with van der Waals surface area (Å²) in [6, 6.07) is 5.35. The van der Waals surface area contributed by atoms with Crippen molar-refractivity contribution in [1.82, 2.24) is 9.80 Å². The fourth-order valence-corrected chi connectivity index (χ4v) is 5.10. The van der Waals surface area contributed by atoms with E-state index in [0.717, 1.165) is 58.6 Å². The van der Waals surface area contributed by atoms with Crippen LogP contribution in [-0.4, -0.2) is 88.1 Å². The van der Waals surface area contributed by atoms with Gasteiger partial charge in [0.05, 0.1) is 32.5 Å². The molecule has 30 heavy (non-hydrogen) atoms. The van der Waals surface area contributed by atoms with Gasteiger partial charge in [0.2, 0.25) is 0 Å². The second-order valence-electron chi connectivity index (χ2n) is 9.35. The summed E-state index contributed by atoms with van der Waals surface area (Å²) in [7, 11) is 4.98. The van der Waals surface area contributed by atoms with Crippen LogP contribution in [0, 0.1) is 5.41 Å². The van der Waals surface area contributed by atoms with Crippen LogP contribution in [0.15, 0.2) is 18.2 Å². The van der Waals surface area contributed by atoms with Gasteiger partial charge in [-0.15, -0.1) is 0 Å². The molecule has 4 rings (SSSR count).